The molecule has 0 atom stereocenters. The molecule has 0 radical (unpaired) electrons. The quantitative estimate of drug-likeness (QED) is 0.825. The van der Waals surface area contributed by atoms with E-state index in [-0.39, 0.29) is 5.91 Å². The monoisotopic (exact) mass is 272 g/mol. The number of amides is 1. The van der Waals surface area contributed by atoms with Crippen LogP contribution >= 0.6 is 0 Å². The summed E-state index contributed by atoms with van der Waals surface area (Å²) in [6.07, 6.45) is 2.98. The first-order valence-corrected chi connectivity index (χ1v) is 7.17. The van der Waals surface area contributed by atoms with Crippen LogP contribution in [0.5, 0.6) is 0 Å². The van der Waals surface area contributed by atoms with Crippen LogP contribution < -0.4 is 4.90 Å². The second-order valence-corrected chi connectivity index (χ2v) is 5.27. The normalized spacial score (nSPS) is 20.1. The van der Waals surface area contributed by atoms with Crippen LogP contribution in [0.15, 0.2) is 36.0 Å². The molecule has 20 heavy (non-hydrogen) atoms. The number of rotatable bonds is 2. The maximum absolute atomic E-state index is 12.7. The summed E-state index contributed by atoms with van der Waals surface area (Å²) in [6, 6.07) is 8.13. The summed E-state index contributed by atoms with van der Waals surface area (Å²) in [5, 5.41) is 0. The van der Waals surface area contributed by atoms with Crippen LogP contribution in [0, 0.1) is 6.92 Å². The topological polar surface area (TPSA) is 32.8 Å². The van der Waals surface area contributed by atoms with Crippen molar-refractivity contribution in [3.05, 3.63) is 41.6 Å². The first kappa shape index (κ1) is 13.2. The Labute approximate surface area is 119 Å². The Morgan fingerprint density at radius 3 is 2.70 bits per heavy atom. The molecular weight excluding hydrogens is 252 g/mol. The molecule has 0 aliphatic carbocycles. The lowest BCUT2D eigenvalue weighted by molar-refractivity contribution is -0.117. The van der Waals surface area contributed by atoms with Crippen molar-refractivity contribution >= 4 is 11.6 Å². The van der Waals surface area contributed by atoms with Crippen molar-refractivity contribution in [2.24, 2.45) is 0 Å². The molecule has 4 nitrogen and oxygen atoms in total. The third-order valence-corrected chi connectivity index (χ3v) is 3.82. The van der Waals surface area contributed by atoms with Crippen LogP contribution in [-0.2, 0) is 9.53 Å². The number of hydrogen-bond acceptors (Lipinski definition) is 3. The molecule has 2 aliphatic rings. The van der Waals surface area contributed by atoms with Crippen LogP contribution in [0.1, 0.15) is 12.0 Å². The minimum absolute atomic E-state index is 0.115. The number of aryl methyl sites for hydroxylation is 1. The smallest absolute Gasteiger partial charge is 0.274 e. The summed E-state index contributed by atoms with van der Waals surface area (Å²) in [4.78, 5) is 16.7. The zero-order chi connectivity index (χ0) is 13.9. The Kier molecular flexibility index (Phi) is 3.74. The minimum Gasteiger partial charge on any atom is -0.378 e. The van der Waals surface area contributed by atoms with Crippen LogP contribution in [-0.4, -0.2) is 43.7 Å². The fourth-order valence-electron chi connectivity index (χ4n) is 2.77. The van der Waals surface area contributed by atoms with Gasteiger partial charge in [-0.25, -0.2) is 0 Å². The average molecular weight is 272 g/mol. The van der Waals surface area contributed by atoms with E-state index in [1.807, 2.05) is 17.0 Å². The number of carbonyl (C=O) groups is 1. The molecule has 0 spiro atoms. The van der Waals surface area contributed by atoms with Crippen LogP contribution in [0.3, 0.4) is 0 Å². The molecule has 106 valence electrons. The maximum Gasteiger partial charge on any atom is 0.274 e. The summed E-state index contributed by atoms with van der Waals surface area (Å²) in [7, 11) is 0. The zero-order valence-electron chi connectivity index (χ0n) is 11.8. The van der Waals surface area contributed by atoms with Crippen molar-refractivity contribution < 1.29 is 9.53 Å². The number of ether oxygens (including phenoxy) is 1. The van der Waals surface area contributed by atoms with Crippen molar-refractivity contribution in [3.8, 4) is 0 Å². The van der Waals surface area contributed by atoms with Crippen molar-refractivity contribution in [2.75, 3.05) is 37.7 Å². The maximum atomic E-state index is 12.7. The largest absolute Gasteiger partial charge is 0.378 e. The number of anilines is 1. The molecule has 0 bridgehead atoms. The Balaban J connectivity index is 1.82. The Hall–Kier alpha value is -1.81. The summed E-state index contributed by atoms with van der Waals surface area (Å²) in [5.74, 6) is 0.115. The van der Waals surface area contributed by atoms with E-state index in [1.54, 1.807) is 0 Å². The third-order valence-electron chi connectivity index (χ3n) is 3.82. The van der Waals surface area contributed by atoms with Gasteiger partial charge in [0.15, 0.2) is 0 Å². The van der Waals surface area contributed by atoms with E-state index in [9.17, 15) is 4.79 Å². The van der Waals surface area contributed by atoms with Gasteiger partial charge in [0.25, 0.3) is 5.91 Å². The van der Waals surface area contributed by atoms with Crippen molar-refractivity contribution in [2.45, 2.75) is 13.3 Å². The van der Waals surface area contributed by atoms with Crippen molar-refractivity contribution in [1.82, 2.24) is 4.90 Å². The lowest BCUT2D eigenvalue weighted by Crippen LogP contribution is -2.45. The standard InChI is InChI=1S/C16H20N2O2/c1-13-4-2-5-14(12-13)18-7-3-6-15(16(18)19)17-8-10-20-11-9-17/h2,4-6,12H,3,7-11H2,1H3. The van der Waals surface area contributed by atoms with Gasteiger partial charge in [-0.15, -0.1) is 0 Å². The second kappa shape index (κ2) is 5.67. The van der Waals surface area contributed by atoms with E-state index in [2.05, 4.69) is 30.0 Å². The molecule has 1 aromatic rings. The van der Waals surface area contributed by atoms with Gasteiger partial charge in [-0.3, -0.25) is 4.79 Å². The van der Waals surface area contributed by atoms with Gasteiger partial charge < -0.3 is 14.5 Å². The van der Waals surface area contributed by atoms with Gasteiger partial charge >= 0.3 is 0 Å². The Morgan fingerprint density at radius 2 is 1.95 bits per heavy atom. The SMILES string of the molecule is Cc1cccc(N2CCC=C(N3CCOCC3)C2=O)c1. The van der Waals surface area contributed by atoms with E-state index in [1.165, 1.54) is 5.56 Å². The Bertz CT molecular complexity index is 533. The van der Waals surface area contributed by atoms with Gasteiger partial charge in [-0.1, -0.05) is 18.2 Å². The van der Waals surface area contributed by atoms with Gasteiger partial charge in [0, 0.05) is 25.3 Å². The highest BCUT2D eigenvalue weighted by atomic mass is 16.5. The number of morpholine rings is 1. The lowest BCUT2D eigenvalue weighted by Gasteiger charge is -2.35. The van der Waals surface area contributed by atoms with Gasteiger partial charge in [-0.2, -0.15) is 0 Å². The highest BCUT2D eigenvalue weighted by Gasteiger charge is 2.28. The van der Waals surface area contributed by atoms with E-state index in [4.69, 9.17) is 4.74 Å². The molecule has 0 unspecified atom stereocenters. The minimum atomic E-state index is 0.115. The molecule has 1 aromatic carbocycles. The predicted octanol–water partition coefficient (Wildman–Crippen LogP) is 1.95. The zero-order valence-corrected chi connectivity index (χ0v) is 11.8. The number of carbonyl (C=O) groups excluding carboxylic acids is 1. The fourth-order valence-corrected chi connectivity index (χ4v) is 2.77. The van der Waals surface area contributed by atoms with Crippen LogP contribution in [0.25, 0.3) is 0 Å². The molecule has 1 amide bonds. The Morgan fingerprint density at radius 1 is 1.15 bits per heavy atom. The number of nitrogens with zero attached hydrogens (tertiary/aromatic N) is 2. The molecule has 0 aromatic heterocycles. The molecule has 2 aliphatic heterocycles. The fraction of sp³-hybridized carbons (Fsp3) is 0.438. The molecule has 0 saturated carbocycles. The summed E-state index contributed by atoms with van der Waals surface area (Å²) >= 11 is 0. The van der Waals surface area contributed by atoms with Crippen molar-refractivity contribution in [1.29, 1.82) is 0 Å². The third kappa shape index (κ3) is 2.56. The van der Waals surface area contributed by atoms with Crippen molar-refractivity contribution in [3.63, 3.8) is 0 Å². The van der Waals surface area contributed by atoms with E-state index in [0.29, 0.717) is 13.2 Å². The van der Waals surface area contributed by atoms with Crippen LogP contribution in [0.2, 0.25) is 0 Å². The summed E-state index contributed by atoms with van der Waals surface area (Å²) in [6.45, 7) is 5.83. The first-order valence-electron chi connectivity index (χ1n) is 7.17. The number of hydrogen-bond donors (Lipinski definition) is 0. The predicted molar refractivity (Wildman–Crippen MR) is 78.6 cm³/mol. The van der Waals surface area contributed by atoms with Crippen LogP contribution in [0.4, 0.5) is 5.69 Å². The van der Waals surface area contributed by atoms with E-state index >= 15 is 0 Å². The second-order valence-electron chi connectivity index (χ2n) is 5.27. The molecule has 1 fully saturated rings. The van der Waals surface area contributed by atoms with Gasteiger partial charge in [-0.05, 0) is 31.0 Å². The van der Waals surface area contributed by atoms with Gasteiger partial charge in [0.2, 0.25) is 0 Å². The van der Waals surface area contributed by atoms with E-state index in [0.717, 1.165) is 37.4 Å². The molecule has 2 heterocycles. The summed E-state index contributed by atoms with van der Waals surface area (Å²) < 4.78 is 5.36. The highest BCUT2D eigenvalue weighted by molar-refractivity contribution is 6.06. The molecule has 3 rings (SSSR count). The highest BCUT2D eigenvalue weighted by Crippen LogP contribution is 2.24. The van der Waals surface area contributed by atoms with Gasteiger partial charge in [0.05, 0.1) is 18.9 Å². The molecule has 4 heteroatoms. The lowest BCUT2D eigenvalue weighted by atomic mass is 10.1. The van der Waals surface area contributed by atoms with E-state index < -0.39 is 0 Å². The molecule has 1 saturated heterocycles. The average Bonchev–Trinajstić information content (AvgIpc) is 2.48. The number of benzene rings is 1. The van der Waals surface area contributed by atoms with Gasteiger partial charge in [0.1, 0.15) is 0 Å². The molecular formula is C16H20N2O2. The first-order chi connectivity index (χ1) is 9.75. The molecule has 0 N–H and O–H groups in total. The summed E-state index contributed by atoms with van der Waals surface area (Å²) in [5.41, 5.74) is 3.01.